The summed E-state index contributed by atoms with van der Waals surface area (Å²) in [6.45, 7) is 0. The van der Waals surface area contributed by atoms with Gasteiger partial charge in [-0.15, -0.1) is 12.4 Å². The first-order chi connectivity index (χ1) is 5.54. The van der Waals surface area contributed by atoms with Crippen LogP contribution in [0.2, 0.25) is 15.1 Å². The van der Waals surface area contributed by atoms with E-state index in [0.717, 1.165) is 0 Å². The van der Waals surface area contributed by atoms with E-state index in [9.17, 15) is 4.79 Å². The lowest BCUT2D eigenvalue weighted by molar-refractivity contribution is 0.0697. The van der Waals surface area contributed by atoms with Gasteiger partial charge in [-0.3, -0.25) is 0 Å². The molecule has 0 heterocycles. The van der Waals surface area contributed by atoms with E-state index in [2.05, 4.69) is 0 Å². The molecule has 1 aromatic carbocycles. The number of carboxylic acid groups (broad SMARTS) is 1. The molecule has 0 bridgehead atoms. The summed E-state index contributed by atoms with van der Waals surface area (Å²) in [7, 11) is 0. The number of rotatable bonds is 1. The summed E-state index contributed by atoms with van der Waals surface area (Å²) in [6, 6.07) is 2.83. The molecule has 0 atom stereocenters. The lowest BCUT2D eigenvalue weighted by Crippen LogP contribution is -1.98. The van der Waals surface area contributed by atoms with E-state index in [4.69, 9.17) is 39.9 Å². The third-order valence-electron chi connectivity index (χ3n) is 1.26. The second-order valence-corrected chi connectivity index (χ2v) is 3.22. The maximum Gasteiger partial charge on any atom is 0.338 e. The molecule has 0 fully saturated rings. The Bertz CT molecular complexity index is 338. The summed E-state index contributed by atoms with van der Waals surface area (Å²) >= 11 is 16.7. The number of halogens is 4. The van der Waals surface area contributed by atoms with Gasteiger partial charge in [0.15, 0.2) is 0 Å². The van der Waals surface area contributed by atoms with Crippen LogP contribution in [0.4, 0.5) is 0 Å². The van der Waals surface area contributed by atoms with Gasteiger partial charge in [0.1, 0.15) is 0 Å². The number of carbonyl (C=O) groups is 1. The van der Waals surface area contributed by atoms with Gasteiger partial charge in [0.25, 0.3) is 0 Å². The van der Waals surface area contributed by atoms with Crippen molar-refractivity contribution in [3.63, 3.8) is 0 Å². The van der Waals surface area contributed by atoms with Crippen LogP contribution in [0, 0.1) is 0 Å². The highest BCUT2D eigenvalue weighted by atomic mass is 35.5. The van der Waals surface area contributed by atoms with Gasteiger partial charge in [0.05, 0.1) is 20.6 Å². The van der Waals surface area contributed by atoms with Crippen LogP contribution in [0.1, 0.15) is 10.4 Å². The molecule has 0 aliphatic heterocycles. The minimum Gasteiger partial charge on any atom is -0.478 e. The van der Waals surface area contributed by atoms with Crippen LogP contribution < -0.4 is 0 Å². The Balaban J connectivity index is 0.00000144. The van der Waals surface area contributed by atoms with Crippen molar-refractivity contribution in [1.82, 2.24) is 0 Å². The number of hydrogen-bond donors (Lipinski definition) is 1. The fourth-order valence-corrected chi connectivity index (χ4v) is 1.41. The molecule has 0 radical (unpaired) electrons. The van der Waals surface area contributed by atoms with Gasteiger partial charge in [-0.25, -0.2) is 4.79 Å². The Morgan fingerprint density at radius 2 is 1.62 bits per heavy atom. The van der Waals surface area contributed by atoms with E-state index in [1.807, 2.05) is 0 Å². The molecule has 0 amide bonds. The zero-order chi connectivity index (χ0) is 9.30. The van der Waals surface area contributed by atoms with Crippen LogP contribution in [-0.4, -0.2) is 11.1 Å². The van der Waals surface area contributed by atoms with Crippen molar-refractivity contribution >= 4 is 53.2 Å². The largest absolute Gasteiger partial charge is 0.478 e. The molecule has 6 heteroatoms. The summed E-state index contributed by atoms with van der Waals surface area (Å²) in [5.41, 5.74) is -0.161. The smallest absolute Gasteiger partial charge is 0.338 e. The molecule has 13 heavy (non-hydrogen) atoms. The fourth-order valence-electron chi connectivity index (χ4n) is 0.723. The number of hydrogen-bond acceptors (Lipinski definition) is 1. The summed E-state index contributed by atoms with van der Waals surface area (Å²) in [5.74, 6) is -1.19. The van der Waals surface area contributed by atoms with Crippen LogP contribution in [0.5, 0.6) is 0 Å². The molecule has 0 saturated heterocycles. The third-order valence-corrected chi connectivity index (χ3v) is 2.38. The van der Waals surface area contributed by atoms with Crippen LogP contribution >= 0.6 is 47.2 Å². The summed E-state index contributed by atoms with van der Waals surface area (Å²) in [6.07, 6.45) is 0. The molecule has 0 aromatic heterocycles. The molecule has 2 nitrogen and oxygen atoms in total. The Morgan fingerprint density at radius 3 is 2.00 bits per heavy atom. The van der Waals surface area contributed by atoms with E-state index in [0.29, 0.717) is 0 Å². The number of benzene rings is 1. The predicted octanol–water partition coefficient (Wildman–Crippen LogP) is 3.77. The van der Waals surface area contributed by atoms with Crippen molar-refractivity contribution in [3.8, 4) is 0 Å². The second kappa shape index (κ2) is 4.91. The van der Waals surface area contributed by atoms with Crippen molar-refractivity contribution in [2.75, 3.05) is 0 Å². The van der Waals surface area contributed by atoms with Crippen molar-refractivity contribution in [2.24, 2.45) is 0 Å². The SMILES string of the molecule is Cl.O=C(O)c1c(Cl)ccc(Cl)c1Cl. The highest BCUT2D eigenvalue weighted by molar-refractivity contribution is 6.45. The van der Waals surface area contributed by atoms with Crippen LogP contribution in [0.15, 0.2) is 12.1 Å². The molecule has 1 aromatic rings. The van der Waals surface area contributed by atoms with Crippen LogP contribution in [0.25, 0.3) is 0 Å². The molecule has 72 valence electrons. The van der Waals surface area contributed by atoms with Gasteiger partial charge in [-0.1, -0.05) is 34.8 Å². The molecule has 0 saturated carbocycles. The molecular formula is C7H4Cl4O2. The van der Waals surface area contributed by atoms with Gasteiger partial charge in [-0.05, 0) is 12.1 Å². The average Bonchev–Trinajstić information content (AvgIpc) is 1.97. The van der Waals surface area contributed by atoms with Crippen molar-refractivity contribution < 1.29 is 9.90 Å². The maximum atomic E-state index is 10.6. The van der Waals surface area contributed by atoms with E-state index in [-0.39, 0.29) is 33.0 Å². The molecule has 1 N–H and O–H groups in total. The van der Waals surface area contributed by atoms with Gasteiger partial charge >= 0.3 is 5.97 Å². The Morgan fingerprint density at radius 1 is 1.15 bits per heavy atom. The molecule has 0 unspecified atom stereocenters. The molecule has 0 aliphatic carbocycles. The lowest BCUT2D eigenvalue weighted by Gasteiger charge is -2.02. The normalized spacial score (nSPS) is 9.15. The van der Waals surface area contributed by atoms with Gasteiger partial charge in [0.2, 0.25) is 0 Å². The van der Waals surface area contributed by atoms with Gasteiger partial charge < -0.3 is 5.11 Å². The first-order valence-corrected chi connectivity index (χ1v) is 4.04. The fraction of sp³-hybridized carbons (Fsp3) is 0. The Kier molecular flexibility index (Phi) is 4.86. The first-order valence-electron chi connectivity index (χ1n) is 2.91. The van der Waals surface area contributed by atoms with E-state index in [1.54, 1.807) is 0 Å². The van der Waals surface area contributed by atoms with Gasteiger partial charge in [-0.2, -0.15) is 0 Å². The summed E-state index contributed by atoms with van der Waals surface area (Å²) < 4.78 is 0. The molecule has 1 rings (SSSR count). The molecule has 0 aliphatic rings. The van der Waals surface area contributed by atoms with Gasteiger partial charge in [0, 0.05) is 0 Å². The van der Waals surface area contributed by atoms with E-state index >= 15 is 0 Å². The van der Waals surface area contributed by atoms with Crippen molar-refractivity contribution in [3.05, 3.63) is 32.8 Å². The van der Waals surface area contributed by atoms with Crippen LogP contribution in [-0.2, 0) is 0 Å². The minimum atomic E-state index is -1.19. The standard InChI is InChI=1S/C7H3Cl3O2.ClH/c8-3-1-2-4(9)6(10)5(3)7(11)12;/h1-2H,(H,11,12);1H. The number of carboxylic acids is 1. The summed E-state index contributed by atoms with van der Waals surface area (Å²) in [5, 5.41) is 8.87. The van der Waals surface area contributed by atoms with Crippen molar-refractivity contribution in [1.29, 1.82) is 0 Å². The third kappa shape index (κ3) is 2.64. The van der Waals surface area contributed by atoms with E-state index < -0.39 is 5.97 Å². The molecular weight excluding hydrogens is 258 g/mol. The monoisotopic (exact) mass is 260 g/mol. The lowest BCUT2D eigenvalue weighted by atomic mass is 10.2. The molecule has 0 spiro atoms. The Labute approximate surface area is 95.8 Å². The summed E-state index contributed by atoms with van der Waals surface area (Å²) in [4.78, 5) is 10.6. The van der Waals surface area contributed by atoms with Crippen LogP contribution in [0.3, 0.4) is 0 Å². The van der Waals surface area contributed by atoms with Crippen molar-refractivity contribution in [2.45, 2.75) is 0 Å². The zero-order valence-corrected chi connectivity index (χ0v) is 9.14. The second-order valence-electron chi connectivity index (χ2n) is 2.02. The predicted molar refractivity (Wildman–Crippen MR) is 55.7 cm³/mol. The van der Waals surface area contributed by atoms with E-state index in [1.165, 1.54) is 12.1 Å². The maximum absolute atomic E-state index is 10.6. The minimum absolute atomic E-state index is 0. The first kappa shape index (κ1) is 12.8. The zero-order valence-electron chi connectivity index (χ0n) is 6.05. The highest BCUT2D eigenvalue weighted by Gasteiger charge is 2.15. The average molecular weight is 262 g/mol. The highest BCUT2D eigenvalue weighted by Crippen LogP contribution is 2.30. The Hall–Kier alpha value is -0.150. The topological polar surface area (TPSA) is 37.3 Å². The quantitative estimate of drug-likeness (QED) is 0.782. The number of aromatic carboxylic acids is 1.